The van der Waals surface area contributed by atoms with E-state index in [0.717, 1.165) is 17.6 Å². The van der Waals surface area contributed by atoms with Crippen LogP contribution in [0.1, 0.15) is 44.2 Å². The van der Waals surface area contributed by atoms with Crippen LogP contribution in [-0.4, -0.2) is 32.3 Å². The third kappa shape index (κ3) is 3.13. The zero-order chi connectivity index (χ0) is 14.8. The Balaban J connectivity index is 1.95. The summed E-state index contributed by atoms with van der Waals surface area (Å²) in [5, 5.41) is 3.38. The summed E-state index contributed by atoms with van der Waals surface area (Å²) in [6, 6.07) is 7.57. The van der Waals surface area contributed by atoms with Crippen molar-refractivity contribution in [3.05, 3.63) is 28.2 Å². The summed E-state index contributed by atoms with van der Waals surface area (Å²) < 4.78 is 7.18. The van der Waals surface area contributed by atoms with Crippen LogP contribution in [0.25, 0.3) is 0 Å². The fraction of sp³-hybridized carbons (Fsp3) is 0.647. The van der Waals surface area contributed by atoms with Crippen LogP contribution in [0.2, 0.25) is 0 Å². The van der Waals surface area contributed by atoms with E-state index >= 15 is 0 Å². The molecule has 1 N–H and O–H groups in total. The summed E-state index contributed by atoms with van der Waals surface area (Å²) in [5.41, 5.74) is 2.75. The molecule has 4 heteroatoms. The van der Waals surface area contributed by atoms with Crippen molar-refractivity contribution < 1.29 is 4.74 Å². The number of rotatable bonds is 3. The molecule has 1 aliphatic carbocycles. The Kier molecular flexibility index (Phi) is 4.87. The second kappa shape index (κ2) is 6.67. The number of hydrogen-bond acceptors (Lipinski definition) is 3. The Morgan fingerprint density at radius 1 is 1.33 bits per heavy atom. The van der Waals surface area contributed by atoms with Gasteiger partial charge in [0, 0.05) is 22.7 Å². The molecule has 116 valence electrons. The number of benzene rings is 1. The predicted molar refractivity (Wildman–Crippen MR) is 91.0 cm³/mol. The molecule has 1 saturated heterocycles. The molecule has 3 atom stereocenters. The number of halogens is 1. The van der Waals surface area contributed by atoms with Gasteiger partial charge in [-0.3, -0.25) is 0 Å². The van der Waals surface area contributed by atoms with Crippen molar-refractivity contribution in [3.8, 4) is 0 Å². The van der Waals surface area contributed by atoms with Gasteiger partial charge in [-0.15, -0.1) is 0 Å². The Morgan fingerprint density at radius 2 is 2.14 bits per heavy atom. The molecule has 21 heavy (non-hydrogen) atoms. The van der Waals surface area contributed by atoms with E-state index in [1.54, 1.807) is 0 Å². The zero-order valence-electron chi connectivity index (χ0n) is 12.9. The quantitative estimate of drug-likeness (QED) is 0.893. The van der Waals surface area contributed by atoms with Crippen molar-refractivity contribution in [2.24, 2.45) is 0 Å². The molecule has 1 saturated carbocycles. The van der Waals surface area contributed by atoms with Gasteiger partial charge >= 0.3 is 0 Å². The Morgan fingerprint density at radius 3 is 2.95 bits per heavy atom. The summed E-state index contributed by atoms with van der Waals surface area (Å²) in [6.07, 6.45) is 5.53. The maximum absolute atomic E-state index is 6.02. The molecule has 3 nitrogen and oxygen atoms in total. The monoisotopic (exact) mass is 352 g/mol. The lowest BCUT2D eigenvalue weighted by Gasteiger charge is -2.46. The largest absolute Gasteiger partial charge is 0.374 e. The van der Waals surface area contributed by atoms with E-state index < -0.39 is 0 Å². The normalized spacial score (nSPS) is 27.3. The molecule has 0 amide bonds. The molecule has 2 fully saturated rings. The number of fused-ring (bicyclic) bond motifs is 1. The molecule has 0 spiro atoms. The maximum atomic E-state index is 6.02. The number of hydrogen-bond donors (Lipinski definition) is 1. The van der Waals surface area contributed by atoms with Gasteiger partial charge < -0.3 is 15.0 Å². The summed E-state index contributed by atoms with van der Waals surface area (Å²) in [6.45, 7) is 4.08. The van der Waals surface area contributed by atoms with Gasteiger partial charge in [0.1, 0.15) is 0 Å². The zero-order valence-corrected chi connectivity index (χ0v) is 14.5. The van der Waals surface area contributed by atoms with Gasteiger partial charge in [0.15, 0.2) is 0 Å². The predicted octanol–water partition coefficient (Wildman–Crippen LogP) is 3.88. The topological polar surface area (TPSA) is 24.5 Å². The molecule has 0 bridgehead atoms. The molecule has 3 unspecified atom stereocenters. The minimum absolute atomic E-state index is 0.359. The molecule has 3 rings (SSSR count). The Bertz CT molecular complexity index is 492. The van der Waals surface area contributed by atoms with Gasteiger partial charge in [-0.25, -0.2) is 0 Å². The highest BCUT2D eigenvalue weighted by atomic mass is 79.9. The molecule has 1 aromatic rings. The van der Waals surface area contributed by atoms with Crippen LogP contribution in [0.5, 0.6) is 0 Å². The number of ether oxygens (including phenoxy) is 1. The first-order chi connectivity index (χ1) is 10.2. The highest BCUT2D eigenvalue weighted by Crippen LogP contribution is 2.36. The highest BCUT2D eigenvalue weighted by molar-refractivity contribution is 9.10. The van der Waals surface area contributed by atoms with Crippen molar-refractivity contribution in [2.45, 2.75) is 50.8 Å². The van der Waals surface area contributed by atoms with Crippen LogP contribution < -0.4 is 10.2 Å². The fourth-order valence-electron chi connectivity index (χ4n) is 3.68. The van der Waals surface area contributed by atoms with E-state index in [1.807, 2.05) is 7.05 Å². The van der Waals surface area contributed by atoms with Gasteiger partial charge in [-0.1, -0.05) is 34.8 Å². The SMILES string of the molecule is CNC(C)c1ccc(Br)cc1N1CCOC2CCCCC21. The van der Waals surface area contributed by atoms with E-state index in [9.17, 15) is 0 Å². The third-order valence-corrected chi connectivity index (χ3v) is 5.43. The number of morpholine rings is 1. The van der Waals surface area contributed by atoms with Crippen molar-refractivity contribution in [1.29, 1.82) is 0 Å². The number of nitrogens with zero attached hydrogens (tertiary/aromatic N) is 1. The molecule has 1 heterocycles. The van der Waals surface area contributed by atoms with Crippen molar-refractivity contribution in [1.82, 2.24) is 5.32 Å². The lowest BCUT2D eigenvalue weighted by molar-refractivity contribution is -0.00876. The molecule has 2 aliphatic rings. The summed E-state index contributed by atoms with van der Waals surface area (Å²) >= 11 is 3.64. The van der Waals surface area contributed by atoms with Crippen LogP contribution in [0, 0.1) is 0 Å². The molecular weight excluding hydrogens is 328 g/mol. The lowest BCUT2D eigenvalue weighted by Crippen LogP contribution is -2.53. The number of anilines is 1. The number of nitrogens with one attached hydrogen (secondary N) is 1. The smallest absolute Gasteiger partial charge is 0.0779 e. The van der Waals surface area contributed by atoms with Crippen LogP contribution in [-0.2, 0) is 4.74 Å². The minimum atomic E-state index is 0.359. The average Bonchev–Trinajstić information content (AvgIpc) is 2.53. The van der Waals surface area contributed by atoms with E-state index in [1.165, 1.54) is 36.9 Å². The molecular formula is C17H25BrN2O. The van der Waals surface area contributed by atoms with E-state index in [-0.39, 0.29) is 0 Å². The van der Waals surface area contributed by atoms with Gasteiger partial charge in [-0.2, -0.15) is 0 Å². The fourth-order valence-corrected chi connectivity index (χ4v) is 4.03. The highest BCUT2D eigenvalue weighted by Gasteiger charge is 2.35. The minimum Gasteiger partial charge on any atom is -0.374 e. The average molecular weight is 353 g/mol. The van der Waals surface area contributed by atoms with E-state index in [0.29, 0.717) is 18.2 Å². The summed E-state index contributed by atoms with van der Waals surface area (Å²) in [5.74, 6) is 0. The van der Waals surface area contributed by atoms with Gasteiger partial charge in [0.25, 0.3) is 0 Å². The third-order valence-electron chi connectivity index (χ3n) is 4.93. The van der Waals surface area contributed by atoms with E-state index in [2.05, 4.69) is 51.3 Å². The Hall–Kier alpha value is -0.580. The lowest BCUT2D eigenvalue weighted by atomic mass is 9.89. The first kappa shape index (κ1) is 15.3. The van der Waals surface area contributed by atoms with Crippen LogP contribution in [0.4, 0.5) is 5.69 Å². The molecule has 1 aromatic carbocycles. The standard InChI is InChI=1S/C17H25BrN2O/c1-12(19-2)14-8-7-13(18)11-16(14)20-9-10-21-17-6-4-3-5-15(17)20/h7-8,11-12,15,17,19H,3-6,9-10H2,1-2H3. The van der Waals surface area contributed by atoms with Crippen molar-refractivity contribution in [2.75, 3.05) is 25.1 Å². The summed E-state index contributed by atoms with van der Waals surface area (Å²) in [7, 11) is 2.03. The van der Waals surface area contributed by atoms with Crippen LogP contribution in [0.15, 0.2) is 22.7 Å². The first-order valence-corrected chi connectivity index (χ1v) is 8.85. The Labute approximate surface area is 136 Å². The summed E-state index contributed by atoms with van der Waals surface area (Å²) in [4.78, 5) is 2.60. The van der Waals surface area contributed by atoms with Gasteiger partial charge in [0.05, 0.1) is 18.8 Å². The second-order valence-corrected chi connectivity index (χ2v) is 7.08. The van der Waals surface area contributed by atoms with Crippen LogP contribution >= 0.6 is 15.9 Å². The van der Waals surface area contributed by atoms with Gasteiger partial charge in [0.2, 0.25) is 0 Å². The molecule has 1 aliphatic heterocycles. The van der Waals surface area contributed by atoms with Gasteiger partial charge in [-0.05, 0) is 44.5 Å². The first-order valence-electron chi connectivity index (χ1n) is 8.05. The second-order valence-electron chi connectivity index (χ2n) is 6.17. The van der Waals surface area contributed by atoms with E-state index in [4.69, 9.17) is 4.74 Å². The van der Waals surface area contributed by atoms with Crippen molar-refractivity contribution >= 4 is 21.6 Å². The van der Waals surface area contributed by atoms with Crippen molar-refractivity contribution in [3.63, 3.8) is 0 Å². The molecule has 0 radical (unpaired) electrons. The van der Waals surface area contributed by atoms with Crippen LogP contribution in [0.3, 0.4) is 0 Å². The molecule has 0 aromatic heterocycles. The maximum Gasteiger partial charge on any atom is 0.0779 e.